The van der Waals surface area contributed by atoms with E-state index in [-0.39, 0.29) is 5.91 Å². The third kappa shape index (κ3) is 3.47. The zero-order chi connectivity index (χ0) is 19.0. The standard InChI is InChI=1S/C20H19ClN4OS/c1-13-7-10-24(18-11-15(21)3-4-19(18)27-13)20(26)17-12-23-25(14(17)2)16-5-8-22-9-6-16/h3-6,8-9,11-13H,7,10H2,1-2H3. The summed E-state index contributed by atoms with van der Waals surface area (Å²) in [5.41, 5.74) is 3.15. The number of pyridine rings is 1. The molecule has 1 unspecified atom stereocenters. The van der Waals surface area contributed by atoms with Crippen LogP contribution >= 0.6 is 23.4 Å². The monoisotopic (exact) mass is 398 g/mol. The van der Waals surface area contributed by atoms with Gasteiger partial charge < -0.3 is 4.90 Å². The lowest BCUT2D eigenvalue weighted by Crippen LogP contribution is -2.32. The second kappa shape index (κ2) is 7.37. The number of hydrogen-bond acceptors (Lipinski definition) is 4. The van der Waals surface area contributed by atoms with Gasteiger partial charge in [-0.05, 0) is 43.7 Å². The van der Waals surface area contributed by atoms with E-state index in [1.165, 1.54) is 0 Å². The van der Waals surface area contributed by atoms with Gasteiger partial charge in [0.25, 0.3) is 5.91 Å². The molecule has 0 fully saturated rings. The molecule has 0 N–H and O–H groups in total. The van der Waals surface area contributed by atoms with Crippen LogP contribution in [0.25, 0.3) is 5.69 Å². The van der Waals surface area contributed by atoms with Crippen LogP contribution in [-0.2, 0) is 0 Å². The molecule has 4 rings (SSSR count). The van der Waals surface area contributed by atoms with Gasteiger partial charge in [-0.15, -0.1) is 11.8 Å². The summed E-state index contributed by atoms with van der Waals surface area (Å²) in [4.78, 5) is 20.4. The van der Waals surface area contributed by atoms with Crippen molar-refractivity contribution in [2.24, 2.45) is 0 Å². The van der Waals surface area contributed by atoms with Gasteiger partial charge in [-0.2, -0.15) is 5.10 Å². The summed E-state index contributed by atoms with van der Waals surface area (Å²) in [6.07, 6.45) is 5.98. The maximum atomic E-state index is 13.4. The van der Waals surface area contributed by atoms with Gasteiger partial charge in [-0.3, -0.25) is 9.78 Å². The summed E-state index contributed by atoms with van der Waals surface area (Å²) >= 11 is 8.01. The second-order valence-corrected chi connectivity index (χ2v) is 8.46. The number of thioether (sulfide) groups is 1. The number of rotatable bonds is 2. The van der Waals surface area contributed by atoms with E-state index in [0.29, 0.717) is 22.4 Å². The highest BCUT2D eigenvalue weighted by Crippen LogP contribution is 2.39. The lowest BCUT2D eigenvalue weighted by Gasteiger charge is -2.22. The van der Waals surface area contributed by atoms with Crippen LogP contribution in [0.15, 0.2) is 53.8 Å². The fourth-order valence-corrected chi connectivity index (χ4v) is 4.49. The van der Waals surface area contributed by atoms with Gasteiger partial charge in [0.05, 0.1) is 28.8 Å². The highest BCUT2D eigenvalue weighted by atomic mass is 35.5. The number of halogens is 1. The van der Waals surface area contributed by atoms with Crippen molar-refractivity contribution in [1.82, 2.24) is 14.8 Å². The number of fused-ring (bicyclic) bond motifs is 1. The number of anilines is 1. The Hall–Kier alpha value is -2.31. The molecule has 27 heavy (non-hydrogen) atoms. The Balaban J connectivity index is 1.74. The number of hydrogen-bond donors (Lipinski definition) is 0. The van der Waals surface area contributed by atoms with Crippen molar-refractivity contribution in [3.63, 3.8) is 0 Å². The summed E-state index contributed by atoms with van der Waals surface area (Å²) in [6.45, 7) is 4.75. The van der Waals surface area contributed by atoms with E-state index >= 15 is 0 Å². The van der Waals surface area contributed by atoms with Crippen LogP contribution in [0.4, 0.5) is 5.69 Å². The summed E-state index contributed by atoms with van der Waals surface area (Å²) in [7, 11) is 0. The predicted molar refractivity (Wildman–Crippen MR) is 109 cm³/mol. The van der Waals surface area contributed by atoms with Crippen LogP contribution in [-0.4, -0.2) is 32.5 Å². The molecule has 138 valence electrons. The largest absolute Gasteiger partial charge is 0.307 e. The topological polar surface area (TPSA) is 51.0 Å². The Morgan fingerprint density at radius 3 is 2.81 bits per heavy atom. The van der Waals surface area contributed by atoms with Crippen molar-refractivity contribution < 1.29 is 4.79 Å². The molecular formula is C20H19ClN4OS. The van der Waals surface area contributed by atoms with Gasteiger partial charge in [0.2, 0.25) is 0 Å². The molecule has 1 atom stereocenters. The number of carbonyl (C=O) groups excluding carboxylic acids is 1. The zero-order valence-corrected chi connectivity index (χ0v) is 16.7. The minimum absolute atomic E-state index is 0.0500. The zero-order valence-electron chi connectivity index (χ0n) is 15.1. The predicted octanol–water partition coefficient (Wildman–Crippen LogP) is 4.76. The molecule has 0 radical (unpaired) electrons. The first-order chi connectivity index (χ1) is 13.0. The molecule has 3 aromatic rings. The van der Waals surface area contributed by atoms with E-state index in [9.17, 15) is 4.79 Å². The van der Waals surface area contributed by atoms with Crippen molar-refractivity contribution in [1.29, 1.82) is 0 Å². The highest BCUT2D eigenvalue weighted by molar-refractivity contribution is 8.00. The lowest BCUT2D eigenvalue weighted by molar-refractivity contribution is 0.0986. The number of benzene rings is 1. The average molecular weight is 399 g/mol. The molecule has 5 nitrogen and oxygen atoms in total. The van der Waals surface area contributed by atoms with Gasteiger partial charge >= 0.3 is 0 Å². The number of amides is 1. The third-order valence-electron chi connectivity index (χ3n) is 4.69. The number of aromatic nitrogens is 3. The van der Waals surface area contributed by atoms with Crippen LogP contribution in [0.3, 0.4) is 0 Å². The maximum absolute atomic E-state index is 13.4. The van der Waals surface area contributed by atoms with Gasteiger partial charge in [-0.1, -0.05) is 18.5 Å². The van der Waals surface area contributed by atoms with Crippen molar-refractivity contribution >= 4 is 35.0 Å². The minimum atomic E-state index is -0.0500. The van der Waals surface area contributed by atoms with Crippen molar-refractivity contribution in [2.45, 2.75) is 30.4 Å². The van der Waals surface area contributed by atoms with Gasteiger partial charge in [0.15, 0.2) is 0 Å². The summed E-state index contributed by atoms with van der Waals surface area (Å²) in [5.74, 6) is -0.0500. The molecule has 0 bridgehead atoms. The van der Waals surface area contributed by atoms with Crippen molar-refractivity contribution in [3.8, 4) is 5.69 Å². The van der Waals surface area contributed by atoms with Crippen LogP contribution in [0, 0.1) is 6.92 Å². The molecular weight excluding hydrogens is 380 g/mol. The van der Waals surface area contributed by atoms with E-state index in [1.807, 2.05) is 42.2 Å². The second-order valence-electron chi connectivity index (χ2n) is 6.55. The average Bonchev–Trinajstić information content (AvgIpc) is 2.97. The molecule has 1 aliphatic rings. The Kier molecular flexibility index (Phi) is 4.93. The van der Waals surface area contributed by atoms with E-state index in [1.54, 1.807) is 35.0 Å². The molecule has 0 spiro atoms. The number of nitrogens with zero attached hydrogens (tertiary/aromatic N) is 4. The first-order valence-corrected chi connectivity index (χ1v) is 10.0. The normalized spacial score (nSPS) is 16.7. The first-order valence-electron chi connectivity index (χ1n) is 8.77. The molecule has 1 aliphatic heterocycles. The van der Waals surface area contributed by atoms with Gasteiger partial charge in [-0.25, -0.2) is 4.68 Å². The molecule has 0 saturated carbocycles. The fraction of sp³-hybridized carbons (Fsp3) is 0.250. The fourth-order valence-electron chi connectivity index (χ4n) is 3.23. The van der Waals surface area contributed by atoms with Crippen molar-refractivity contribution in [2.75, 3.05) is 11.4 Å². The van der Waals surface area contributed by atoms with Crippen LogP contribution < -0.4 is 4.90 Å². The summed E-state index contributed by atoms with van der Waals surface area (Å²) < 4.78 is 1.77. The Morgan fingerprint density at radius 1 is 1.26 bits per heavy atom. The SMILES string of the molecule is Cc1c(C(=O)N2CCC(C)Sc3ccc(Cl)cc32)cnn1-c1ccncc1. The summed E-state index contributed by atoms with van der Waals surface area (Å²) in [6, 6.07) is 9.49. The molecule has 7 heteroatoms. The Labute approximate surface area is 167 Å². The molecule has 1 amide bonds. The number of carbonyl (C=O) groups is 1. The molecule has 1 aromatic carbocycles. The molecule has 0 aliphatic carbocycles. The van der Waals surface area contributed by atoms with Crippen molar-refractivity contribution in [3.05, 3.63) is 65.2 Å². The quantitative estimate of drug-likeness (QED) is 0.624. The van der Waals surface area contributed by atoms with Crippen LogP contribution in [0.5, 0.6) is 0 Å². The smallest absolute Gasteiger partial charge is 0.261 e. The lowest BCUT2D eigenvalue weighted by atomic mass is 10.2. The first kappa shape index (κ1) is 18.1. The molecule has 3 heterocycles. The minimum Gasteiger partial charge on any atom is -0.307 e. The Bertz CT molecular complexity index is 989. The van der Waals surface area contributed by atoms with Gasteiger partial charge in [0.1, 0.15) is 0 Å². The van der Waals surface area contributed by atoms with E-state index < -0.39 is 0 Å². The summed E-state index contributed by atoms with van der Waals surface area (Å²) in [5, 5.41) is 5.49. The molecule has 0 saturated heterocycles. The van der Waals surface area contributed by atoms with E-state index in [2.05, 4.69) is 17.0 Å². The van der Waals surface area contributed by atoms with E-state index in [4.69, 9.17) is 11.6 Å². The maximum Gasteiger partial charge on any atom is 0.261 e. The van der Waals surface area contributed by atoms with Gasteiger partial charge in [0, 0.05) is 34.1 Å². The molecule has 2 aromatic heterocycles. The van der Waals surface area contributed by atoms with Crippen LogP contribution in [0.2, 0.25) is 5.02 Å². The third-order valence-corrected chi connectivity index (χ3v) is 6.16. The Morgan fingerprint density at radius 2 is 2.04 bits per heavy atom. The highest BCUT2D eigenvalue weighted by Gasteiger charge is 2.27. The van der Waals surface area contributed by atoms with E-state index in [0.717, 1.165) is 28.4 Å². The van der Waals surface area contributed by atoms with Crippen LogP contribution in [0.1, 0.15) is 29.4 Å².